The standard InChI is InChI=1S/C15H37Cl2NSi3/c1-8-9-10-11-12-13-15(14-19(16)17)18(20(2,3)4)21(5,6)7/h15,19H,8-14H2,1-7H3. The van der Waals surface area contributed by atoms with Crippen molar-refractivity contribution >= 4 is 46.0 Å². The van der Waals surface area contributed by atoms with Gasteiger partial charge in [0.25, 0.3) is 0 Å². The fourth-order valence-electron chi connectivity index (χ4n) is 3.64. The second-order valence-corrected chi connectivity index (χ2v) is 23.4. The summed E-state index contributed by atoms with van der Waals surface area (Å²) in [5.74, 6) is 0. The van der Waals surface area contributed by atoms with Crippen molar-refractivity contribution in [1.29, 1.82) is 0 Å². The summed E-state index contributed by atoms with van der Waals surface area (Å²) in [6, 6.07) is 1.70. The minimum absolute atomic E-state index is 0.636. The molecule has 128 valence electrons. The normalized spacial score (nSPS) is 15.0. The molecule has 0 aromatic carbocycles. The lowest BCUT2D eigenvalue weighted by atomic mass is 10.1. The van der Waals surface area contributed by atoms with E-state index >= 15 is 0 Å². The molecule has 0 saturated carbocycles. The quantitative estimate of drug-likeness (QED) is 0.226. The molecule has 1 nitrogen and oxygen atoms in total. The average Bonchev–Trinajstić information content (AvgIpc) is 2.23. The van der Waals surface area contributed by atoms with Gasteiger partial charge >= 0.3 is 0 Å². The third-order valence-electron chi connectivity index (χ3n) is 3.90. The Morgan fingerprint density at radius 3 is 1.71 bits per heavy atom. The third-order valence-corrected chi connectivity index (χ3v) is 13.5. The van der Waals surface area contributed by atoms with E-state index in [9.17, 15) is 0 Å². The van der Waals surface area contributed by atoms with Gasteiger partial charge in [0.1, 0.15) is 16.5 Å². The molecule has 1 atom stereocenters. The van der Waals surface area contributed by atoms with Crippen LogP contribution >= 0.6 is 22.2 Å². The number of unbranched alkanes of at least 4 members (excludes halogenated alkanes) is 4. The van der Waals surface area contributed by atoms with Gasteiger partial charge in [-0.2, -0.15) is 22.2 Å². The summed E-state index contributed by atoms with van der Waals surface area (Å²) in [4.78, 5) is 0. The average molecular weight is 387 g/mol. The van der Waals surface area contributed by atoms with Crippen LogP contribution in [0.1, 0.15) is 45.4 Å². The van der Waals surface area contributed by atoms with Gasteiger partial charge in [-0.05, 0) is 18.5 Å². The van der Waals surface area contributed by atoms with E-state index in [2.05, 4.69) is 50.4 Å². The Balaban J connectivity index is 4.83. The highest BCUT2D eigenvalue weighted by Gasteiger charge is 2.39. The summed E-state index contributed by atoms with van der Waals surface area (Å²) in [6.45, 7) is 17.2. The number of hydrogen-bond acceptors (Lipinski definition) is 1. The van der Waals surface area contributed by atoms with Gasteiger partial charge in [-0.25, -0.2) is 0 Å². The van der Waals surface area contributed by atoms with Crippen molar-refractivity contribution in [3.8, 4) is 0 Å². The largest absolute Gasteiger partial charge is 0.343 e. The zero-order chi connectivity index (χ0) is 16.7. The maximum Gasteiger partial charge on any atom is 0.238 e. The molecule has 0 saturated heterocycles. The third kappa shape index (κ3) is 9.82. The Kier molecular flexibility index (Phi) is 10.7. The molecule has 0 heterocycles. The first-order valence-electron chi connectivity index (χ1n) is 8.57. The van der Waals surface area contributed by atoms with Gasteiger partial charge < -0.3 is 4.23 Å². The first-order chi connectivity index (χ1) is 9.50. The molecule has 0 aromatic heterocycles. The Labute approximate surface area is 147 Å². The Bertz CT molecular complexity index is 261. The minimum Gasteiger partial charge on any atom is -0.343 e. The van der Waals surface area contributed by atoms with Crippen molar-refractivity contribution in [3.63, 3.8) is 0 Å². The molecule has 0 aliphatic rings. The molecule has 0 bridgehead atoms. The molecular formula is C15H37Cl2NSi3. The van der Waals surface area contributed by atoms with Crippen LogP contribution in [0.25, 0.3) is 0 Å². The topological polar surface area (TPSA) is 3.24 Å². The number of hydrogen-bond donors (Lipinski definition) is 0. The van der Waals surface area contributed by atoms with Crippen LogP contribution in [0.15, 0.2) is 0 Å². The van der Waals surface area contributed by atoms with Crippen molar-refractivity contribution in [2.24, 2.45) is 0 Å². The van der Waals surface area contributed by atoms with Crippen LogP contribution in [0.2, 0.25) is 45.3 Å². The fraction of sp³-hybridized carbons (Fsp3) is 1.00. The number of rotatable bonds is 11. The molecular weight excluding hydrogens is 349 g/mol. The van der Waals surface area contributed by atoms with Crippen molar-refractivity contribution in [1.82, 2.24) is 4.23 Å². The molecule has 0 aliphatic carbocycles. The summed E-state index contributed by atoms with van der Waals surface area (Å²) in [5, 5.41) is 0. The van der Waals surface area contributed by atoms with Crippen molar-refractivity contribution < 1.29 is 0 Å². The molecule has 6 heteroatoms. The van der Waals surface area contributed by atoms with E-state index in [0.717, 1.165) is 6.04 Å². The highest BCUT2D eigenvalue weighted by atomic mass is 35.7. The van der Waals surface area contributed by atoms with Gasteiger partial charge in [0.2, 0.25) is 7.42 Å². The minimum atomic E-state index is -1.55. The van der Waals surface area contributed by atoms with Crippen LogP contribution in [0.3, 0.4) is 0 Å². The highest BCUT2D eigenvalue weighted by molar-refractivity contribution is 7.33. The van der Waals surface area contributed by atoms with E-state index < -0.39 is 23.9 Å². The first kappa shape index (κ1) is 22.2. The van der Waals surface area contributed by atoms with E-state index in [0.29, 0.717) is 6.04 Å². The summed E-state index contributed by atoms with van der Waals surface area (Å²) in [5.41, 5.74) is 0. The van der Waals surface area contributed by atoms with Gasteiger partial charge in [-0.3, -0.25) is 0 Å². The molecule has 0 aromatic rings. The lowest BCUT2D eigenvalue weighted by Gasteiger charge is -2.49. The molecule has 0 amide bonds. The van der Waals surface area contributed by atoms with Gasteiger partial charge in [0, 0.05) is 0 Å². The molecule has 21 heavy (non-hydrogen) atoms. The van der Waals surface area contributed by atoms with Crippen molar-refractivity contribution in [2.75, 3.05) is 0 Å². The zero-order valence-electron chi connectivity index (χ0n) is 15.3. The molecule has 0 rings (SSSR count). The van der Waals surface area contributed by atoms with Crippen LogP contribution in [-0.4, -0.2) is 34.2 Å². The summed E-state index contributed by atoms with van der Waals surface area (Å²) in [7, 11) is -4.20. The molecule has 0 N–H and O–H groups in total. The van der Waals surface area contributed by atoms with E-state index in [-0.39, 0.29) is 0 Å². The highest BCUT2D eigenvalue weighted by Crippen LogP contribution is 2.29. The van der Waals surface area contributed by atoms with Crippen LogP contribution in [-0.2, 0) is 0 Å². The second-order valence-electron chi connectivity index (χ2n) is 8.20. The molecule has 1 unspecified atom stereocenters. The van der Waals surface area contributed by atoms with Crippen LogP contribution in [0, 0.1) is 0 Å². The maximum absolute atomic E-state index is 6.29. The monoisotopic (exact) mass is 385 g/mol. The van der Waals surface area contributed by atoms with Crippen LogP contribution in [0.5, 0.6) is 0 Å². The Morgan fingerprint density at radius 2 is 1.33 bits per heavy atom. The van der Waals surface area contributed by atoms with E-state index in [1.807, 2.05) is 0 Å². The Hall–Kier alpha value is 1.19. The van der Waals surface area contributed by atoms with Crippen molar-refractivity contribution in [2.45, 2.75) is 96.8 Å². The SMILES string of the molecule is CCCCCCCC(C[SiH](Cl)Cl)N([Si](C)(C)C)[Si](C)(C)C. The zero-order valence-corrected chi connectivity index (χ0v) is 20.0. The van der Waals surface area contributed by atoms with Crippen molar-refractivity contribution in [3.05, 3.63) is 0 Å². The predicted octanol–water partition coefficient (Wildman–Crippen LogP) is 6.39. The number of halogens is 2. The lowest BCUT2D eigenvalue weighted by molar-refractivity contribution is 0.421. The van der Waals surface area contributed by atoms with E-state index in [1.165, 1.54) is 38.5 Å². The summed E-state index contributed by atoms with van der Waals surface area (Å²) in [6.07, 6.45) is 8.07. The molecule has 0 spiro atoms. The summed E-state index contributed by atoms with van der Waals surface area (Å²) >= 11 is 12.6. The fourth-order valence-corrected chi connectivity index (χ4v) is 16.9. The first-order valence-corrected chi connectivity index (χ1v) is 19.8. The van der Waals surface area contributed by atoms with Gasteiger partial charge in [-0.15, -0.1) is 0 Å². The predicted molar refractivity (Wildman–Crippen MR) is 109 cm³/mol. The summed E-state index contributed by atoms with van der Waals surface area (Å²) < 4.78 is 2.92. The Morgan fingerprint density at radius 1 is 0.857 bits per heavy atom. The second kappa shape index (κ2) is 10.1. The smallest absolute Gasteiger partial charge is 0.238 e. The lowest BCUT2D eigenvalue weighted by Crippen LogP contribution is -2.63. The van der Waals surface area contributed by atoms with Crippen LogP contribution in [0.4, 0.5) is 0 Å². The van der Waals surface area contributed by atoms with Gasteiger partial charge in [0.15, 0.2) is 0 Å². The van der Waals surface area contributed by atoms with E-state index in [4.69, 9.17) is 22.2 Å². The molecule has 0 radical (unpaired) electrons. The van der Waals surface area contributed by atoms with Gasteiger partial charge in [0.05, 0.1) is 0 Å². The van der Waals surface area contributed by atoms with Gasteiger partial charge in [-0.1, -0.05) is 78.3 Å². The number of nitrogens with zero attached hydrogens (tertiary/aromatic N) is 1. The van der Waals surface area contributed by atoms with E-state index in [1.54, 1.807) is 0 Å². The molecule has 0 aliphatic heterocycles. The van der Waals surface area contributed by atoms with Crippen LogP contribution < -0.4 is 0 Å². The molecule has 0 fully saturated rings. The maximum atomic E-state index is 6.29.